The minimum absolute atomic E-state index is 0.284. The highest BCUT2D eigenvalue weighted by Crippen LogP contribution is 2.14. The maximum Gasteiger partial charge on any atom is 0.339 e. The SMILES string of the molecule is CCCCCC(N=C=O)n1c(=O)[nH]c(=O)n(C(CCCCC)NC=O)c1=O. The maximum atomic E-state index is 12.9. The number of nitrogens with one attached hydrogen (secondary N) is 2. The molecule has 0 saturated carbocycles. The molecule has 150 valence electrons. The zero-order valence-electron chi connectivity index (χ0n) is 15.8. The largest absolute Gasteiger partial charge is 0.339 e. The van der Waals surface area contributed by atoms with Crippen LogP contribution in [0.3, 0.4) is 0 Å². The number of carbonyl (C=O) groups is 1. The van der Waals surface area contributed by atoms with E-state index in [1.54, 1.807) is 0 Å². The molecular formula is C17H27N5O5. The number of hydrogen-bond acceptors (Lipinski definition) is 6. The number of carbonyl (C=O) groups excluding carboxylic acids is 2. The van der Waals surface area contributed by atoms with Crippen LogP contribution < -0.4 is 22.4 Å². The van der Waals surface area contributed by atoms with Gasteiger partial charge in [-0.15, -0.1) is 0 Å². The molecule has 10 nitrogen and oxygen atoms in total. The molecular weight excluding hydrogens is 354 g/mol. The van der Waals surface area contributed by atoms with Crippen molar-refractivity contribution in [1.29, 1.82) is 0 Å². The van der Waals surface area contributed by atoms with Gasteiger partial charge in [-0.3, -0.25) is 9.78 Å². The molecule has 1 aromatic rings. The second kappa shape index (κ2) is 11.8. The highest BCUT2D eigenvalue weighted by molar-refractivity contribution is 5.46. The van der Waals surface area contributed by atoms with Gasteiger partial charge in [0.05, 0.1) is 0 Å². The number of amides is 1. The summed E-state index contributed by atoms with van der Waals surface area (Å²) in [6.45, 7) is 3.99. The monoisotopic (exact) mass is 381 g/mol. The zero-order chi connectivity index (χ0) is 20.2. The summed E-state index contributed by atoms with van der Waals surface area (Å²) in [5.41, 5.74) is -2.78. The third-order valence-electron chi connectivity index (χ3n) is 4.28. The van der Waals surface area contributed by atoms with E-state index in [-0.39, 0.29) is 6.42 Å². The molecule has 0 aliphatic heterocycles. The molecule has 27 heavy (non-hydrogen) atoms. The molecule has 0 saturated heterocycles. The molecule has 0 fully saturated rings. The molecule has 0 radical (unpaired) electrons. The highest BCUT2D eigenvalue weighted by atomic mass is 16.2. The van der Waals surface area contributed by atoms with Crippen LogP contribution in [0.4, 0.5) is 0 Å². The van der Waals surface area contributed by atoms with E-state index >= 15 is 0 Å². The Hall–Kier alpha value is -2.74. The summed E-state index contributed by atoms with van der Waals surface area (Å²) in [6, 6.07) is 0. The minimum Gasteiger partial charge on any atom is -0.338 e. The van der Waals surface area contributed by atoms with Crippen molar-refractivity contribution in [3.05, 3.63) is 31.5 Å². The Morgan fingerprint density at radius 2 is 1.63 bits per heavy atom. The summed E-state index contributed by atoms with van der Waals surface area (Å²) in [6.07, 6.45) is 5.32. The third-order valence-corrected chi connectivity index (χ3v) is 4.28. The van der Waals surface area contributed by atoms with Crippen LogP contribution in [0.5, 0.6) is 0 Å². The molecule has 2 atom stereocenters. The Morgan fingerprint density at radius 3 is 2.19 bits per heavy atom. The first-order valence-electron chi connectivity index (χ1n) is 9.25. The molecule has 1 rings (SSSR count). The zero-order valence-corrected chi connectivity index (χ0v) is 15.8. The molecule has 1 heterocycles. The molecule has 0 aliphatic rings. The van der Waals surface area contributed by atoms with Gasteiger partial charge in [-0.05, 0) is 25.7 Å². The van der Waals surface area contributed by atoms with Crippen molar-refractivity contribution in [3.63, 3.8) is 0 Å². The molecule has 1 aromatic heterocycles. The predicted octanol–water partition coefficient (Wildman–Crippen LogP) is 0.938. The van der Waals surface area contributed by atoms with Crippen molar-refractivity contribution < 1.29 is 9.59 Å². The van der Waals surface area contributed by atoms with E-state index in [2.05, 4.69) is 15.3 Å². The van der Waals surface area contributed by atoms with Crippen LogP contribution in [0.15, 0.2) is 19.4 Å². The maximum absolute atomic E-state index is 12.9. The van der Waals surface area contributed by atoms with Crippen molar-refractivity contribution >= 4 is 12.5 Å². The van der Waals surface area contributed by atoms with Crippen molar-refractivity contribution in [3.8, 4) is 0 Å². The lowest BCUT2D eigenvalue weighted by molar-refractivity contribution is -0.110. The molecule has 0 aliphatic carbocycles. The number of isocyanates is 1. The van der Waals surface area contributed by atoms with E-state index < -0.39 is 29.4 Å². The molecule has 0 spiro atoms. The number of unbranched alkanes of at least 4 members (excludes halogenated alkanes) is 4. The van der Waals surface area contributed by atoms with Gasteiger partial charge in [0.2, 0.25) is 12.5 Å². The van der Waals surface area contributed by atoms with Crippen molar-refractivity contribution in [2.75, 3.05) is 0 Å². The van der Waals surface area contributed by atoms with Gasteiger partial charge >= 0.3 is 17.1 Å². The Balaban J connectivity index is 3.41. The lowest BCUT2D eigenvalue weighted by atomic mass is 10.1. The van der Waals surface area contributed by atoms with Crippen LogP contribution in [-0.4, -0.2) is 26.6 Å². The second-order valence-electron chi connectivity index (χ2n) is 6.25. The fraction of sp³-hybridized carbons (Fsp3) is 0.706. The van der Waals surface area contributed by atoms with Crippen LogP contribution >= 0.6 is 0 Å². The van der Waals surface area contributed by atoms with E-state index in [4.69, 9.17) is 0 Å². The van der Waals surface area contributed by atoms with Crippen LogP contribution in [0.25, 0.3) is 0 Å². The number of rotatable bonds is 13. The first-order valence-corrected chi connectivity index (χ1v) is 9.25. The van der Waals surface area contributed by atoms with Gasteiger partial charge in [0, 0.05) is 0 Å². The molecule has 1 amide bonds. The van der Waals surface area contributed by atoms with Crippen LogP contribution in [0, 0.1) is 0 Å². The summed E-state index contributed by atoms with van der Waals surface area (Å²) < 4.78 is 1.53. The van der Waals surface area contributed by atoms with Crippen LogP contribution in [0.1, 0.15) is 77.5 Å². The van der Waals surface area contributed by atoms with Gasteiger partial charge in [-0.2, -0.15) is 4.99 Å². The number of aromatic amines is 1. The average Bonchev–Trinajstić information content (AvgIpc) is 2.61. The minimum atomic E-state index is -1.05. The number of H-pyrrole nitrogens is 1. The molecule has 10 heteroatoms. The van der Waals surface area contributed by atoms with E-state index in [9.17, 15) is 24.0 Å². The number of aliphatic imine (C=N–C) groups is 1. The second-order valence-corrected chi connectivity index (χ2v) is 6.25. The third kappa shape index (κ3) is 6.18. The van der Waals surface area contributed by atoms with Gasteiger partial charge in [0.25, 0.3) is 0 Å². The number of nitrogens with zero attached hydrogens (tertiary/aromatic N) is 3. The Bertz CT molecular complexity index is 818. The van der Waals surface area contributed by atoms with Crippen LogP contribution in [0.2, 0.25) is 0 Å². The molecule has 2 unspecified atom stereocenters. The van der Waals surface area contributed by atoms with Crippen molar-refractivity contribution in [1.82, 2.24) is 19.4 Å². The quantitative estimate of drug-likeness (QED) is 0.227. The van der Waals surface area contributed by atoms with E-state index in [1.807, 2.05) is 13.8 Å². The standard InChI is InChI=1S/C17H27N5O5/c1-3-5-7-9-13(18-11-23)21-15(25)20-16(26)22(17(21)27)14(19-12-24)10-8-6-4-2/h11,13-14H,3-10H2,1-2H3,(H,18,23)(H,20,25,26). The lowest BCUT2D eigenvalue weighted by Gasteiger charge is -2.20. The predicted molar refractivity (Wildman–Crippen MR) is 99.3 cm³/mol. The summed E-state index contributed by atoms with van der Waals surface area (Å²) in [5, 5.41) is 2.45. The molecule has 2 N–H and O–H groups in total. The Labute approximate surface area is 156 Å². The number of aromatic nitrogens is 3. The van der Waals surface area contributed by atoms with E-state index in [0.717, 1.165) is 34.8 Å². The van der Waals surface area contributed by atoms with Gasteiger partial charge in [0.15, 0.2) is 0 Å². The van der Waals surface area contributed by atoms with Crippen molar-refractivity contribution in [2.45, 2.75) is 77.5 Å². The fourth-order valence-electron chi connectivity index (χ4n) is 2.88. The topological polar surface area (TPSA) is 135 Å². The van der Waals surface area contributed by atoms with Crippen LogP contribution in [-0.2, 0) is 9.59 Å². The van der Waals surface area contributed by atoms with Gasteiger partial charge < -0.3 is 5.32 Å². The molecule has 0 bridgehead atoms. The van der Waals surface area contributed by atoms with Gasteiger partial charge in [-0.25, -0.2) is 28.3 Å². The molecule has 0 aromatic carbocycles. The Kier molecular flexibility index (Phi) is 9.74. The number of hydrogen-bond donors (Lipinski definition) is 2. The first-order chi connectivity index (χ1) is 13.0. The van der Waals surface area contributed by atoms with E-state index in [1.165, 1.54) is 6.08 Å². The van der Waals surface area contributed by atoms with Gasteiger partial charge in [0.1, 0.15) is 12.3 Å². The fourth-order valence-corrected chi connectivity index (χ4v) is 2.88. The smallest absolute Gasteiger partial charge is 0.338 e. The Morgan fingerprint density at radius 1 is 1.04 bits per heavy atom. The van der Waals surface area contributed by atoms with Crippen molar-refractivity contribution in [2.24, 2.45) is 4.99 Å². The lowest BCUT2D eigenvalue weighted by Crippen LogP contribution is -2.53. The summed E-state index contributed by atoms with van der Waals surface area (Å²) >= 11 is 0. The summed E-state index contributed by atoms with van der Waals surface area (Å²) in [7, 11) is 0. The summed E-state index contributed by atoms with van der Waals surface area (Å²) in [4.78, 5) is 64.7. The normalized spacial score (nSPS) is 12.8. The first kappa shape index (κ1) is 22.3. The summed E-state index contributed by atoms with van der Waals surface area (Å²) in [5.74, 6) is 0. The van der Waals surface area contributed by atoms with Gasteiger partial charge in [-0.1, -0.05) is 39.5 Å². The average molecular weight is 381 g/mol. The highest BCUT2D eigenvalue weighted by Gasteiger charge is 2.22. The van der Waals surface area contributed by atoms with E-state index in [0.29, 0.717) is 25.7 Å².